The van der Waals surface area contributed by atoms with Crippen molar-refractivity contribution in [2.45, 2.75) is 33.1 Å². The third-order valence-corrected chi connectivity index (χ3v) is 3.78. The molecule has 0 fully saturated rings. The van der Waals surface area contributed by atoms with Gasteiger partial charge in [-0.25, -0.2) is 4.79 Å². The van der Waals surface area contributed by atoms with Gasteiger partial charge in [0.1, 0.15) is 11.5 Å². The quantitative estimate of drug-likeness (QED) is 0.776. The van der Waals surface area contributed by atoms with Gasteiger partial charge in [0.05, 0.1) is 25.0 Å². The lowest BCUT2D eigenvalue weighted by atomic mass is 9.66. The smallest absolute Gasteiger partial charge is 0.337 e. The number of aliphatic hydroxyl groups excluding tert-OH is 1. The first-order valence-corrected chi connectivity index (χ1v) is 6.28. The zero-order chi connectivity index (χ0) is 14.2. The summed E-state index contributed by atoms with van der Waals surface area (Å²) in [6, 6.07) is 0. The summed E-state index contributed by atoms with van der Waals surface area (Å²) in [6.07, 6.45) is 3.02. The normalized spacial score (nSPS) is 25.9. The number of allylic oxidation sites excluding steroid dienone is 2. The van der Waals surface area contributed by atoms with Gasteiger partial charge in [-0.15, -0.1) is 0 Å². The molecule has 104 valence electrons. The van der Waals surface area contributed by atoms with Crippen LogP contribution >= 0.6 is 0 Å². The zero-order valence-corrected chi connectivity index (χ0v) is 11.4. The summed E-state index contributed by atoms with van der Waals surface area (Å²) in [4.78, 5) is 23.2. The fraction of sp³-hybridized carbons (Fsp3) is 0.571. The topological polar surface area (TPSA) is 72.8 Å². The standard InChI is InChI=1S/C14H18O5/c1-14(2)7-6-8(15)11(13(17)18-3)12(14)9-4-5-10(16)19-9/h4,12,15H,5-7H2,1-3H3. The highest BCUT2D eigenvalue weighted by molar-refractivity contribution is 5.91. The van der Waals surface area contributed by atoms with Crippen molar-refractivity contribution in [3.8, 4) is 0 Å². The van der Waals surface area contributed by atoms with Gasteiger partial charge in [0.2, 0.25) is 0 Å². The van der Waals surface area contributed by atoms with Gasteiger partial charge in [0, 0.05) is 6.42 Å². The van der Waals surface area contributed by atoms with Gasteiger partial charge in [-0.05, 0) is 17.9 Å². The molecule has 0 radical (unpaired) electrons. The second-order valence-corrected chi connectivity index (χ2v) is 5.56. The minimum absolute atomic E-state index is 0.0278. The highest BCUT2D eigenvalue weighted by atomic mass is 16.5. The summed E-state index contributed by atoms with van der Waals surface area (Å²) in [6.45, 7) is 3.97. The predicted molar refractivity (Wildman–Crippen MR) is 67.0 cm³/mol. The molecular weight excluding hydrogens is 248 g/mol. The Morgan fingerprint density at radius 2 is 2.21 bits per heavy atom. The maximum Gasteiger partial charge on any atom is 0.337 e. The third-order valence-electron chi connectivity index (χ3n) is 3.78. The van der Waals surface area contributed by atoms with E-state index in [1.807, 2.05) is 13.8 Å². The second kappa shape index (κ2) is 4.72. The van der Waals surface area contributed by atoms with Crippen LogP contribution in [0.2, 0.25) is 0 Å². The third kappa shape index (κ3) is 2.37. The van der Waals surface area contributed by atoms with Crippen LogP contribution in [0.3, 0.4) is 0 Å². The molecule has 0 aromatic heterocycles. The summed E-state index contributed by atoms with van der Waals surface area (Å²) < 4.78 is 9.92. The number of hydrogen-bond acceptors (Lipinski definition) is 5. The first-order chi connectivity index (χ1) is 8.86. The maximum atomic E-state index is 11.9. The number of methoxy groups -OCH3 is 1. The Hall–Kier alpha value is -1.78. The Morgan fingerprint density at radius 1 is 1.53 bits per heavy atom. The van der Waals surface area contributed by atoms with Crippen LogP contribution in [0.5, 0.6) is 0 Å². The molecule has 1 N–H and O–H groups in total. The van der Waals surface area contributed by atoms with Gasteiger partial charge >= 0.3 is 11.9 Å². The van der Waals surface area contributed by atoms with Crippen molar-refractivity contribution < 1.29 is 24.2 Å². The molecule has 1 atom stereocenters. The van der Waals surface area contributed by atoms with Crippen molar-refractivity contribution in [3.63, 3.8) is 0 Å². The van der Waals surface area contributed by atoms with Crippen LogP contribution < -0.4 is 0 Å². The Bertz CT molecular complexity index is 484. The molecule has 0 saturated carbocycles. The molecule has 0 spiro atoms. The Balaban J connectivity index is 2.46. The van der Waals surface area contributed by atoms with Crippen molar-refractivity contribution in [1.82, 2.24) is 0 Å². The van der Waals surface area contributed by atoms with Gasteiger partial charge in [-0.3, -0.25) is 4.79 Å². The molecule has 0 aromatic rings. The Kier molecular flexibility index (Phi) is 3.39. The highest BCUT2D eigenvalue weighted by Gasteiger charge is 2.45. The summed E-state index contributed by atoms with van der Waals surface area (Å²) in [5.41, 5.74) is -0.0775. The van der Waals surface area contributed by atoms with E-state index >= 15 is 0 Å². The minimum Gasteiger partial charge on any atom is -0.512 e. The SMILES string of the molecule is COC(=O)C1=C(O)CCC(C)(C)C1C1=CCC(=O)O1. The van der Waals surface area contributed by atoms with Crippen LogP contribution in [-0.4, -0.2) is 24.2 Å². The summed E-state index contributed by atoms with van der Waals surface area (Å²) in [7, 11) is 1.27. The molecule has 0 amide bonds. The van der Waals surface area contributed by atoms with E-state index in [1.165, 1.54) is 7.11 Å². The molecule has 1 aliphatic carbocycles. The van der Waals surface area contributed by atoms with Crippen LogP contribution in [0.4, 0.5) is 0 Å². The molecule has 0 aromatic carbocycles. The summed E-state index contributed by atoms with van der Waals surface area (Å²) in [5.74, 6) is -0.874. The molecule has 2 aliphatic rings. The Morgan fingerprint density at radius 3 is 2.74 bits per heavy atom. The predicted octanol–water partition coefficient (Wildman–Crippen LogP) is 2.24. The fourth-order valence-electron chi connectivity index (χ4n) is 2.73. The van der Waals surface area contributed by atoms with Crippen LogP contribution in [0.1, 0.15) is 33.1 Å². The van der Waals surface area contributed by atoms with Crippen LogP contribution in [-0.2, 0) is 19.1 Å². The van der Waals surface area contributed by atoms with E-state index in [2.05, 4.69) is 0 Å². The van der Waals surface area contributed by atoms with E-state index in [9.17, 15) is 14.7 Å². The molecular formula is C14H18O5. The lowest BCUT2D eigenvalue weighted by Crippen LogP contribution is -2.35. The van der Waals surface area contributed by atoms with Crippen molar-refractivity contribution in [2.24, 2.45) is 11.3 Å². The monoisotopic (exact) mass is 266 g/mol. The minimum atomic E-state index is -0.570. The van der Waals surface area contributed by atoms with Gasteiger partial charge < -0.3 is 14.6 Å². The number of rotatable bonds is 2. The van der Waals surface area contributed by atoms with E-state index in [0.29, 0.717) is 18.6 Å². The molecule has 1 heterocycles. The van der Waals surface area contributed by atoms with Crippen LogP contribution in [0, 0.1) is 11.3 Å². The summed E-state index contributed by atoms with van der Waals surface area (Å²) >= 11 is 0. The average molecular weight is 266 g/mol. The molecule has 0 saturated heterocycles. The van der Waals surface area contributed by atoms with Crippen molar-refractivity contribution in [1.29, 1.82) is 0 Å². The lowest BCUT2D eigenvalue weighted by Gasteiger charge is -2.38. The number of ether oxygens (including phenoxy) is 2. The first-order valence-electron chi connectivity index (χ1n) is 6.28. The van der Waals surface area contributed by atoms with E-state index in [1.54, 1.807) is 6.08 Å². The van der Waals surface area contributed by atoms with Crippen molar-refractivity contribution >= 4 is 11.9 Å². The number of aliphatic hydroxyl groups is 1. The number of cyclic esters (lactones) is 1. The highest BCUT2D eigenvalue weighted by Crippen LogP contribution is 2.48. The summed E-state index contributed by atoms with van der Waals surface area (Å²) in [5, 5.41) is 10.0. The first kappa shape index (κ1) is 13.6. The zero-order valence-electron chi connectivity index (χ0n) is 11.4. The van der Waals surface area contributed by atoms with Crippen LogP contribution in [0.25, 0.3) is 0 Å². The van der Waals surface area contributed by atoms with Gasteiger partial charge in [0.15, 0.2) is 0 Å². The van der Waals surface area contributed by atoms with Crippen molar-refractivity contribution in [2.75, 3.05) is 7.11 Å². The maximum absolute atomic E-state index is 11.9. The van der Waals surface area contributed by atoms with E-state index < -0.39 is 11.9 Å². The van der Waals surface area contributed by atoms with E-state index in [0.717, 1.165) is 0 Å². The van der Waals surface area contributed by atoms with Crippen molar-refractivity contribution in [3.05, 3.63) is 23.2 Å². The van der Waals surface area contributed by atoms with E-state index in [4.69, 9.17) is 9.47 Å². The number of hydrogen-bond donors (Lipinski definition) is 1. The molecule has 19 heavy (non-hydrogen) atoms. The number of carbonyl (C=O) groups is 2. The van der Waals surface area contributed by atoms with Gasteiger partial charge in [-0.1, -0.05) is 13.8 Å². The largest absolute Gasteiger partial charge is 0.512 e. The number of carbonyl (C=O) groups excluding carboxylic acids is 2. The Labute approximate surface area is 111 Å². The molecule has 1 unspecified atom stereocenters. The average Bonchev–Trinajstić information content (AvgIpc) is 2.77. The molecule has 5 nitrogen and oxygen atoms in total. The number of esters is 2. The van der Waals surface area contributed by atoms with Gasteiger partial charge in [-0.2, -0.15) is 0 Å². The lowest BCUT2D eigenvalue weighted by molar-refractivity contribution is -0.141. The molecule has 2 rings (SSSR count). The molecule has 0 bridgehead atoms. The molecule has 5 heteroatoms. The van der Waals surface area contributed by atoms with Gasteiger partial charge in [0.25, 0.3) is 0 Å². The fourth-order valence-corrected chi connectivity index (χ4v) is 2.73. The molecule has 1 aliphatic heterocycles. The van der Waals surface area contributed by atoms with Crippen LogP contribution in [0.15, 0.2) is 23.2 Å². The van der Waals surface area contributed by atoms with E-state index in [-0.39, 0.29) is 29.1 Å². The second-order valence-electron chi connectivity index (χ2n) is 5.56.